The number of nitrogens with zero attached hydrogens (tertiary/aromatic N) is 5. The van der Waals surface area contributed by atoms with Gasteiger partial charge in [0.1, 0.15) is 6.26 Å². The van der Waals surface area contributed by atoms with Gasteiger partial charge >= 0.3 is 0 Å². The van der Waals surface area contributed by atoms with Crippen molar-refractivity contribution >= 4 is 36.5 Å². The number of nitrogens with one attached hydrogen (secondary N) is 1. The number of anilines is 2. The summed E-state index contributed by atoms with van der Waals surface area (Å²) < 4.78 is 14.1. The molecule has 38 heavy (non-hydrogen) atoms. The maximum Gasteiger partial charge on any atom is 0.277 e. The summed E-state index contributed by atoms with van der Waals surface area (Å²) in [6.45, 7) is 14.9. The molecule has 5 rings (SSSR count). The Bertz CT molecular complexity index is 1490. The largest absolute Gasteiger partial charge is 0.444 e. The van der Waals surface area contributed by atoms with Crippen molar-refractivity contribution in [3.05, 3.63) is 54.3 Å². The molecular formula is C28H36N6O3Si. The van der Waals surface area contributed by atoms with E-state index >= 15 is 0 Å². The Kier molecular flexibility index (Phi) is 6.64. The van der Waals surface area contributed by atoms with Crippen LogP contribution in [0, 0.1) is 6.92 Å². The Morgan fingerprint density at radius 1 is 1.24 bits per heavy atom. The van der Waals surface area contributed by atoms with E-state index in [2.05, 4.69) is 59.1 Å². The quantitative estimate of drug-likeness (QED) is 0.314. The predicted octanol–water partition coefficient (Wildman–Crippen LogP) is 5.78. The van der Waals surface area contributed by atoms with Crippen LogP contribution in [0.5, 0.6) is 0 Å². The minimum Gasteiger partial charge on any atom is -0.444 e. The first-order chi connectivity index (χ1) is 17.9. The smallest absolute Gasteiger partial charge is 0.277 e. The van der Waals surface area contributed by atoms with Crippen molar-refractivity contribution in [2.45, 2.75) is 58.4 Å². The molecule has 0 spiro atoms. The van der Waals surface area contributed by atoms with E-state index in [1.807, 2.05) is 44.4 Å². The third-order valence-electron chi connectivity index (χ3n) is 7.62. The summed E-state index contributed by atoms with van der Waals surface area (Å²) >= 11 is 0. The van der Waals surface area contributed by atoms with Crippen molar-refractivity contribution in [2.24, 2.45) is 7.05 Å². The normalized spacial score (nSPS) is 16.4. The minimum absolute atomic E-state index is 0.151. The first-order valence-electron chi connectivity index (χ1n) is 13.0. The molecule has 1 amide bonds. The zero-order chi connectivity index (χ0) is 27.2. The molecule has 1 N–H and O–H groups in total. The van der Waals surface area contributed by atoms with Crippen molar-refractivity contribution in [3.8, 4) is 11.5 Å². The number of hydrogen-bond acceptors (Lipinski definition) is 7. The van der Waals surface area contributed by atoms with Crippen LogP contribution in [0.4, 0.5) is 11.4 Å². The van der Waals surface area contributed by atoms with Gasteiger partial charge in [0, 0.05) is 49.2 Å². The van der Waals surface area contributed by atoms with Crippen LogP contribution in [-0.4, -0.2) is 53.2 Å². The highest BCUT2D eigenvalue weighted by molar-refractivity contribution is 6.74. The van der Waals surface area contributed by atoms with Crippen molar-refractivity contribution < 1.29 is 13.6 Å². The van der Waals surface area contributed by atoms with Crippen LogP contribution in [0.15, 0.2) is 47.3 Å². The Morgan fingerprint density at radius 2 is 2.03 bits per heavy atom. The number of carbonyl (C=O) groups excluding carboxylic acids is 1. The lowest BCUT2D eigenvalue weighted by Crippen LogP contribution is -2.44. The number of benzene rings is 1. The third-order valence-corrected chi connectivity index (χ3v) is 12.2. The van der Waals surface area contributed by atoms with Crippen molar-refractivity contribution in [3.63, 3.8) is 0 Å². The lowest BCUT2D eigenvalue weighted by molar-refractivity contribution is 0.102. The zero-order valence-electron chi connectivity index (χ0n) is 23.2. The Morgan fingerprint density at radius 3 is 2.76 bits per heavy atom. The molecule has 1 aliphatic rings. The van der Waals surface area contributed by atoms with Crippen LogP contribution < -0.4 is 10.2 Å². The van der Waals surface area contributed by atoms with Crippen molar-refractivity contribution in [2.75, 3.05) is 23.3 Å². The number of fused-ring (bicyclic) bond motifs is 1. The number of carbonyl (C=O) groups is 1. The van der Waals surface area contributed by atoms with E-state index in [0.29, 0.717) is 11.6 Å². The van der Waals surface area contributed by atoms with Gasteiger partial charge in [-0.15, -0.1) is 0 Å². The van der Waals surface area contributed by atoms with Crippen LogP contribution in [-0.2, 0) is 11.5 Å². The van der Waals surface area contributed by atoms with Crippen molar-refractivity contribution in [1.82, 2.24) is 19.7 Å². The highest BCUT2D eigenvalue weighted by atomic mass is 28.4. The van der Waals surface area contributed by atoms with Gasteiger partial charge in [-0.25, -0.2) is 4.98 Å². The fourth-order valence-electron chi connectivity index (χ4n) is 4.56. The molecule has 4 aromatic rings. The number of pyridine rings is 1. The molecule has 1 atom stereocenters. The van der Waals surface area contributed by atoms with Gasteiger partial charge in [-0.1, -0.05) is 20.8 Å². The molecule has 0 bridgehead atoms. The van der Waals surface area contributed by atoms with E-state index in [0.717, 1.165) is 47.4 Å². The number of hydrogen-bond donors (Lipinski definition) is 1. The molecule has 1 aliphatic heterocycles. The van der Waals surface area contributed by atoms with E-state index in [1.165, 1.54) is 6.26 Å². The fourth-order valence-corrected chi connectivity index (χ4v) is 5.94. The average Bonchev–Trinajstić information content (AvgIpc) is 3.56. The first kappa shape index (κ1) is 26.1. The number of aromatic nitrogens is 4. The molecule has 1 fully saturated rings. The average molecular weight is 533 g/mol. The summed E-state index contributed by atoms with van der Waals surface area (Å²) in [6.07, 6.45) is 6.13. The van der Waals surface area contributed by atoms with Gasteiger partial charge < -0.3 is 19.1 Å². The molecule has 0 saturated carbocycles. The van der Waals surface area contributed by atoms with Gasteiger partial charge in [0.25, 0.3) is 5.91 Å². The lowest BCUT2D eigenvalue weighted by Gasteiger charge is -2.38. The maximum atomic E-state index is 13.3. The van der Waals surface area contributed by atoms with E-state index in [1.54, 1.807) is 10.9 Å². The highest BCUT2D eigenvalue weighted by Crippen LogP contribution is 2.40. The molecule has 1 aromatic carbocycles. The second-order valence-corrected chi connectivity index (χ2v) is 16.4. The maximum absolute atomic E-state index is 13.3. The molecule has 200 valence electrons. The van der Waals surface area contributed by atoms with Crippen LogP contribution in [0.1, 0.15) is 43.4 Å². The van der Waals surface area contributed by atoms with Crippen LogP contribution in [0.25, 0.3) is 22.4 Å². The lowest BCUT2D eigenvalue weighted by atomic mass is 10.2. The molecule has 1 unspecified atom stereocenters. The highest BCUT2D eigenvalue weighted by Gasteiger charge is 2.40. The summed E-state index contributed by atoms with van der Waals surface area (Å²) in [5.74, 6) is 0.0530. The number of rotatable bonds is 6. The Labute approximate surface area is 224 Å². The topological polar surface area (TPSA) is 98.3 Å². The van der Waals surface area contributed by atoms with Gasteiger partial charge in [-0.05, 0) is 55.7 Å². The van der Waals surface area contributed by atoms with E-state index in [-0.39, 0.29) is 22.7 Å². The molecule has 10 heteroatoms. The molecule has 1 saturated heterocycles. The van der Waals surface area contributed by atoms with Crippen LogP contribution in [0.2, 0.25) is 18.1 Å². The molecule has 4 heterocycles. The van der Waals surface area contributed by atoms with E-state index < -0.39 is 8.32 Å². The van der Waals surface area contributed by atoms with Gasteiger partial charge in [-0.3, -0.25) is 14.5 Å². The first-order valence-corrected chi connectivity index (χ1v) is 15.9. The van der Waals surface area contributed by atoms with Crippen LogP contribution >= 0.6 is 0 Å². The van der Waals surface area contributed by atoms with Gasteiger partial charge in [0.15, 0.2) is 14.0 Å². The Hall–Kier alpha value is -3.50. The number of amides is 1. The second kappa shape index (κ2) is 9.67. The molecule has 3 aromatic heterocycles. The minimum atomic E-state index is -1.89. The number of aryl methyl sites for hydroxylation is 2. The third kappa shape index (κ3) is 5.23. The van der Waals surface area contributed by atoms with E-state index in [9.17, 15) is 4.79 Å². The Balaban J connectivity index is 1.40. The number of oxazole rings is 1. The zero-order valence-corrected chi connectivity index (χ0v) is 24.2. The second-order valence-electron chi connectivity index (χ2n) is 11.6. The molecule has 0 radical (unpaired) electrons. The SMILES string of the molecule is Cc1cc(-c2nc(C(=O)Nc3cc4cn(C)nc4cc3N3CCC(O[Si](C)(C)C(C)(C)C)C3)co2)ccn1. The molecule has 0 aliphatic carbocycles. The summed E-state index contributed by atoms with van der Waals surface area (Å²) in [6, 6.07) is 7.71. The summed E-state index contributed by atoms with van der Waals surface area (Å²) in [5, 5.41) is 8.79. The fraction of sp³-hybridized carbons (Fsp3) is 0.429. The van der Waals surface area contributed by atoms with Crippen molar-refractivity contribution in [1.29, 1.82) is 0 Å². The van der Waals surface area contributed by atoms with Gasteiger partial charge in [0.05, 0.1) is 23.0 Å². The van der Waals surface area contributed by atoms with Gasteiger partial charge in [0.2, 0.25) is 5.89 Å². The van der Waals surface area contributed by atoms with Gasteiger partial charge in [-0.2, -0.15) is 5.10 Å². The van der Waals surface area contributed by atoms with Crippen LogP contribution in [0.3, 0.4) is 0 Å². The molecular weight excluding hydrogens is 496 g/mol. The monoisotopic (exact) mass is 532 g/mol. The van der Waals surface area contributed by atoms with E-state index in [4.69, 9.17) is 8.84 Å². The molecule has 9 nitrogen and oxygen atoms in total. The standard InChI is InChI=1S/C28H36N6O3Si/c1-18-12-19(8-10-29-18)27-31-24(17-36-27)26(35)30-23-13-20-15-33(5)32-22(20)14-25(23)34-11-9-21(16-34)37-38(6,7)28(2,3)4/h8,10,12-15,17,21H,9,11,16H2,1-7H3,(H,30,35). The summed E-state index contributed by atoms with van der Waals surface area (Å²) in [4.78, 5) is 24.2. The summed E-state index contributed by atoms with van der Waals surface area (Å²) in [7, 11) is 0.00867. The predicted molar refractivity (Wildman–Crippen MR) is 152 cm³/mol. The summed E-state index contributed by atoms with van der Waals surface area (Å²) in [5.41, 5.74) is 4.37.